The summed E-state index contributed by atoms with van der Waals surface area (Å²) in [6, 6.07) is 2.45. The molecule has 0 saturated carbocycles. The molecule has 78 valence electrons. The number of rotatable bonds is 0. The average molecular weight is 198 g/mol. The summed E-state index contributed by atoms with van der Waals surface area (Å²) in [7, 11) is 0. The fourth-order valence-corrected chi connectivity index (χ4v) is 2.09. The summed E-state index contributed by atoms with van der Waals surface area (Å²) >= 11 is 0. The lowest BCUT2D eigenvalue weighted by atomic mass is 9.96. The molecule has 0 aromatic heterocycles. The summed E-state index contributed by atoms with van der Waals surface area (Å²) in [5.74, 6) is -0.0204. The van der Waals surface area contributed by atoms with Gasteiger partial charge in [-0.05, 0) is 41.5 Å². The molecule has 0 N–H and O–H groups in total. The fraction of sp³-hybridized carbons (Fsp3) is 0.500. The van der Waals surface area contributed by atoms with E-state index in [0.29, 0.717) is 23.5 Å². The van der Waals surface area contributed by atoms with Crippen molar-refractivity contribution in [3.8, 4) is 0 Å². The summed E-state index contributed by atoms with van der Waals surface area (Å²) in [6.07, 6.45) is 0.667. The van der Waals surface area contributed by atoms with E-state index in [1.54, 1.807) is 0 Å². The first-order valence-electron chi connectivity index (χ1n) is 4.58. The van der Waals surface area contributed by atoms with Gasteiger partial charge in [-0.2, -0.15) is 0 Å². The van der Waals surface area contributed by atoms with Crippen LogP contribution in [-0.4, -0.2) is 0 Å². The molecule has 0 nitrogen and oxygen atoms in total. The minimum absolute atomic E-state index is 0. The average Bonchev–Trinajstić information content (AvgIpc) is 2.38. The predicted octanol–water partition coefficient (Wildman–Crippen LogP) is 3.90. The van der Waals surface area contributed by atoms with Crippen molar-refractivity contribution < 1.29 is 8.78 Å². The number of benzene rings is 1. The molecule has 0 radical (unpaired) electrons. The summed E-state index contributed by atoms with van der Waals surface area (Å²) in [6.45, 7) is 3.99. The van der Waals surface area contributed by atoms with Crippen LogP contribution in [0.3, 0.4) is 0 Å². The Balaban J connectivity index is 0.000000980. The Kier molecular flexibility index (Phi) is 2.93. The van der Waals surface area contributed by atoms with Crippen LogP contribution < -0.4 is 0 Å². The molecular formula is C12H16F2. The summed E-state index contributed by atoms with van der Waals surface area (Å²) in [4.78, 5) is 0. The van der Waals surface area contributed by atoms with Crippen molar-refractivity contribution in [2.45, 2.75) is 33.6 Å². The smallest absolute Gasteiger partial charge is 0.127 e. The van der Waals surface area contributed by atoms with Crippen molar-refractivity contribution in [1.82, 2.24) is 0 Å². The maximum Gasteiger partial charge on any atom is 0.127 e. The van der Waals surface area contributed by atoms with Crippen LogP contribution in [0.1, 0.15) is 38.3 Å². The monoisotopic (exact) mass is 198 g/mol. The number of hydrogen-bond acceptors (Lipinski definition) is 0. The first-order valence-corrected chi connectivity index (χ1v) is 4.58. The first kappa shape index (κ1) is 11.2. The minimum atomic E-state index is -0.257. The Morgan fingerprint density at radius 2 is 1.71 bits per heavy atom. The van der Waals surface area contributed by atoms with Crippen LogP contribution >= 0.6 is 0 Å². The summed E-state index contributed by atoms with van der Waals surface area (Å²) in [5, 5.41) is 0. The van der Waals surface area contributed by atoms with Crippen molar-refractivity contribution >= 4 is 0 Å². The van der Waals surface area contributed by atoms with Gasteiger partial charge in [0.15, 0.2) is 0 Å². The van der Waals surface area contributed by atoms with Gasteiger partial charge in [-0.1, -0.05) is 21.3 Å². The third kappa shape index (κ3) is 1.43. The second-order valence-corrected chi connectivity index (χ2v) is 3.89. The minimum Gasteiger partial charge on any atom is -0.207 e. The van der Waals surface area contributed by atoms with Crippen LogP contribution in [-0.2, 0) is 6.42 Å². The molecule has 0 fully saturated rings. The van der Waals surface area contributed by atoms with Gasteiger partial charge in [0.1, 0.15) is 11.6 Å². The normalized spacial score (nSPS) is 24.3. The molecule has 0 bridgehead atoms. The van der Waals surface area contributed by atoms with Gasteiger partial charge in [0.05, 0.1) is 0 Å². The van der Waals surface area contributed by atoms with E-state index >= 15 is 0 Å². The zero-order valence-electron chi connectivity index (χ0n) is 7.77. The van der Waals surface area contributed by atoms with Gasteiger partial charge in [0.25, 0.3) is 0 Å². The van der Waals surface area contributed by atoms with Crippen LogP contribution in [0.4, 0.5) is 8.78 Å². The second kappa shape index (κ2) is 3.68. The Morgan fingerprint density at radius 1 is 1.14 bits per heavy atom. The largest absolute Gasteiger partial charge is 0.207 e. The Morgan fingerprint density at radius 3 is 2.29 bits per heavy atom. The van der Waals surface area contributed by atoms with Crippen molar-refractivity contribution in [2.75, 3.05) is 0 Å². The molecule has 0 saturated heterocycles. The maximum atomic E-state index is 13.3. The van der Waals surface area contributed by atoms with Gasteiger partial charge in [-0.15, -0.1) is 0 Å². The van der Waals surface area contributed by atoms with Gasteiger partial charge in [-0.25, -0.2) is 8.78 Å². The van der Waals surface area contributed by atoms with Gasteiger partial charge in [-0.3, -0.25) is 0 Å². The lowest BCUT2D eigenvalue weighted by Gasteiger charge is -2.09. The molecule has 2 rings (SSSR count). The third-order valence-corrected chi connectivity index (χ3v) is 3.08. The van der Waals surface area contributed by atoms with E-state index in [-0.39, 0.29) is 25.0 Å². The SMILES string of the molecule is C.CC1Cc2c(F)ccc(F)c2C1C. The molecule has 2 heteroatoms. The van der Waals surface area contributed by atoms with Crippen molar-refractivity contribution in [3.63, 3.8) is 0 Å². The molecule has 0 amide bonds. The molecular weight excluding hydrogens is 182 g/mol. The highest BCUT2D eigenvalue weighted by atomic mass is 19.1. The molecule has 2 atom stereocenters. The van der Waals surface area contributed by atoms with Crippen molar-refractivity contribution in [2.24, 2.45) is 5.92 Å². The van der Waals surface area contributed by atoms with Gasteiger partial charge in [0.2, 0.25) is 0 Å². The number of halogens is 2. The molecule has 1 aliphatic carbocycles. The fourth-order valence-electron chi connectivity index (χ4n) is 2.09. The quantitative estimate of drug-likeness (QED) is 0.593. The molecule has 1 aromatic carbocycles. The van der Waals surface area contributed by atoms with Crippen LogP contribution in [0.15, 0.2) is 12.1 Å². The second-order valence-electron chi connectivity index (χ2n) is 3.89. The van der Waals surface area contributed by atoms with Gasteiger partial charge in [0, 0.05) is 0 Å². The van der Waals surface area contributed by atoms with E-state index in [0.717, 1.165) is 0 Å². The molecule has 2 unspecified atom stereocenters. The molecule has 0 heterocycles. The van der Waals surface area contributed by atoms with Gasteiger partial charge >= 0.3 is 0 Å². The zero-order chi connectivity index (χ0) is 9.59. The number of fused-ring (bicyclic) bond motifs is 1. The highest BCUT2D eigenvalue weighted by molar-refractivity contribution is 5.37. The molecule has 0 aliphatic heterocycles. The summed E-state index contributed by atoms with van der Waals surface area (Å²) < 4.78 is 26.6. The van der Waals surface area contributed by atoms with Gasteiger partial charge < -0.3 is 0 Å². The van der Waals surface area contributed by atoms with Crippen molar-refractivity contribution in [3.05, 3.63) is 34.9 Å². The van der Waals surface area contributed by atoms with E-state index < -0.39 is 0 Å². The molecule has 1 aromatic rings. The van der Waals surface area contributed by atoms with E-state index in [2.05, 4.69) is 0 Å². The lowest BCUT2D eigenvalue weighted by molar-refractivity contribution is 0.511. The lowest BCUT2D eigenvalue weighted by Crippen LogP contribution is -1.99. The van der Waals surface area contributed by atoms with Crippen LogP contribution in [0.5, 0.6) is 0 Å². The van der Waals surface area contributed by atoms with Crippen LogP contribution in [0.2, 0.25) is 0 Å². The van der Waals surface area contributed by atoms with Crippen molar-refractivity contribution in [1.29, 1.82) is 0 Å². The molecule has 0 spiro atoms. The highest BCUT2D eigenvalue weighted by Crippen LogP contribution is 2.39. The molecule has 14 heavy (non-hydrogen) atoms. The Hall–Kier alpha value is -0.920. The molecule has 1 aliphatic rings. The zero-order valence-corrected chi connectivity index (χ0v) is 7.77. The predicted molar refractivity (Wildman–Crippen MR) is 54.4 cm³/mol. The van der Waals surface area contributed by atoms with E-state index in [1.165, 1.54) is 12.1 Å². The highest BCUT2D eigenvalue weighted by Gasteiger charge is 2.30. The standard InChI is InChI=1S/C11H12F2.CH4/c1-6-5-8-9(12)3-4-10(13)11(8)7(6)2;/h3-4,6-7H,5H2,1-2H3;1H4. The number of hydrogen-bond donors (Lipinski definition) is 0. The van der Waals surface area contributed by atoms with Crippen LogP contribution in [0, 0.1) is 17.6 Å². The topological polar surface area (TPSA) is 0 Å². The Labute approximate surface area is 84.0 Å². The first-order chi connectivity index (χ1) is 6.11. The third-order valence-electron chi connectivity index (χ3n) is 3.08. The van der Waals surface area contributed by atoms with E-state index in [4.69, 9.17) is 0 Å². The van der Waals surface area contributed by atoms with Crippen LogP contribution in [0.25, 0.3) is 0 Å². The van der Waals surface area contributed by atoms with E-state index in [9.17, 15) is 8.78 Å². The maximum absolute atomic E-state index is 13.3. The van der Waals surface area contributed by atoms with E-state index in [1.807, 2.05) is 13.8 Å². The Bertz CT molecular complexity index is 344. The summed E-state index contributed by atoms with van der Waals surface area (Å²) in [5.41, 5.74) is 1.17.